The standard InChI is InChI=1S/C19H30N2O/c1-19(2,12-6-9-16-7-4-3-5-8-16)18(22)21-13-10-17(15-20)11-14-21/h3-5,7-8,17H,6,9-15,20H2,1-2H3. The van der Waals surface area contributed by atoms with E-state index in [9.17, 15) is 4.79 Å². The van der Waals surface area contributed by atoms with Crippen LogP contribution in [-0.2, 0) is 11.2 Å². The number of benzene rings is 1. The molecule has 1 aliphatic heterocycles. The van der Waals surface area contributed by atoms with Gasteiger partial charge in [0, 0.05) is 18.5 Å². The van der Waals surface area contributed by atoms with Gasteiger partial charge in [0.25, 0.3) is 0 Å². The number of nitrogens with two attached hydrogens (primary N) is 1. The molecule has 1 aliphatic rings. The Labute approximate surface area is 134 Å². The number of carbonyl (C=O) groups excluding carboxylic acids is 1. The van der Waals surface area contributed by atoms with Crippen molar-refractivity contribution < 1.29 is 4.79 Å². The van der Waals surface area contributed by atoms with E-state index >= 15 is 0 Å². The van der Waals surface area contributed by atoms with Crippen LogP contribution in [0.4, 0.5) is 0 Å². The molecule has 1 saturated heterocycles. The van der Waals surface area contributed by atoms with E-state index in [2.05, 4.69) is 43.0 Å². The largest absolute Gasteiger partial charge is 0.342 e. The maximum Gasteiger partial charge on any atom is 0.228 e. The summed E-state index contributed by atoms with van der Waals surface area (Å²) < 4.78 is 0. The molecule has 0 bridgehead atoms. The van der Waals surface area contributed by atoms with Gasteiger partial charge in [-0.2, -0.15) is 0 Å². The van der Waals surface area contributed by atoms with E-state index in [0.717, 1.165) is 51.7 Å². The highest BCUT2D eigenvalue weighted by Gasteiger charge is 2.33. The highest BCUT2D eigenvalue weighted by atomic mass is 16.2. The van der Waals surface area contributed by atoms with Crippen LogP contribution in [0.5, 0.6) is 0 Å². The number of rotatable bonds is 6. The number of aryl methyl sites for hydroxylation is 1. The van der Waals surface area contributed by atoms with Crippen molar-refractivity contribution in [3.05, 3.63) is 35.9 Å². The topological polar surface area (TPSA) is 46.3 Å². The molecule has 2 N–H and O–H groups in total. The molecule has 3 heteroatoms. The van der Waals surface area contributed by atoms with Gasteiger partial charge >= 0.3 is 0 Å². The van der Waals surface area contributed by atoms with Crippen molar-refractivity contribution in [2.45, 2.75) is 46.0 Å². The molecular formula is C19H30N2O. The molecule has 1 aromatic carbocycles. The van der Waals surface area contributed by atoms with Crippen LogP contribution in [0.15, 0.2) is 30.3 Å². The first kappa shape index (κ1) is 17.0. The molecule has 2 rings (SSSR count). The molecule has 0 aromatic heterocycles. The molecular weight excluding hydrogens is 272 g/mol. The van der Waals surface area contributed by atoms with E-state index < -0.39 is 0 Å². The van der Waals surface area contributed by atoms with Crippen LogP contribution in [0.25, 0.3) is 0 Å². The predicted octanol–water partition coefficient (Wildman–Crippen LogP) is 3.23. The zero-order chi connectivity index (χ0) is 16.0. The fraction of sp³-hybridized carbons (Fsp3) is 0.632. The zero-order valence-electron chi connectivity index (χ0n) is 14.1. The maximum absolute atomic E-state index is 12.8. The van der Waals surface area contributed by atoms with E-state index in [4.69, 9.17) is 5.73 Å². The fourth-order valence-electron chi connectivity index (χ4n) is 3.29. The second-order valence-electron chi connectivity index (χ2n) is 7.19. The normalized spacial score (nSPS) is 16.8. The Kier molecular flexibility index (Phi) is 6.01. The van der Waals surface area contributed by atoms with E-state index in [0.29, 0.717) is 11.8 Å². The highest BCUT2D eigenvalue weighted by Crippen LogP contribution is 2.28. The van der Waals surface area contributed by atoms with Crippen LogP contribution < -0.4 is 5.73 Å². The number of carbonyl (C=O) groups is 1. The van der Waals surface area contributed by atoms with Crippen molar-refractivity contribution in [1.82, 2.24) is 4.90 Å². The van der Waals surface area contributed by atoms with Crippen molar-refractivity contribution in [2.24, 2.45) is 17.1 Å². The molecule has 0 unspecified atom stereocenters. The summed E-state index contributed by atoms with van der Waals surface area (Å²) in [6.45, 7) is 6.69. The van der Waals surface area contributed by atoms with Crippen LogP contribution in [0.3, 0.4) is 0 Å². The summed E-state index contributed by atoms with van der Waals surface area (Å²) in [6, 6.07) is 10.5. The number of amides is 1. The summed E-state index contributed by atoms with van der Waals surface area (Å²) in [5, 5.41) is 0. The maximum atomic E-state index is 12.8. The molecule has 0 spiro atoms. The van der Waals surface area contributed by atoms with Gasteiger partial charge in [-0.1, -0.05) is 44.2 Å². The van der Waals surface area contributed by atoms with Crippen molar-refractivity contribution in [3.8, 4) is 0 Å². The Hall–Kier alpha value is -1.35. The molecule has 0 radical (unpaired) electrons. The molecule has 1 fully saturated rings. The van der Waals surface area contributed by atoms with Crippen molar-refractivity contribution in [2.75, 3.05) is 19.6 Å². The molecule has 0 aliphatic carbocycles. The van der Waals surface area contributed by atoms with Gasteiger partial charge in [-0.3, -0.25) is 4.79 Å². The quantitative estimate of drug-likeness (QED) is 0.877. The number of nitrogens with zero attached hydrogens (tertiary/aromatic N) is 1. The Morgan fingerprint density at radius 1 is 1.23 bits per heavy atom. The summed E-state index contributed by atoms with van der Waals surface area (Å²) in [6.07, 6.45) is 5.16. The summed E-state index contributed by atoms with van der Waals surface area (Å²) >= 11 is 0. The van der Waals surface area contributed by atoms with Crippen LogP contribution in [-0.4, -0.2) is 30.4 Å². The lowest BCUT2D eigenvalue weighted by Crippen LogP contribution is -2.46. The van der Waals surface area contributed by atoms with E-state index in [1.807, 2.05) is 6.07 Å². The average Bonchev–Trinajstić information content (AvgIpc) is 2.55. The lowest BCUT2D eigenvalue weighted by Gasteiger charge is -2.36. The Morgan fingerprint density at radius 2 is 1.86 bits per heavy atom. The van der Waals surface area contributed by atoms with Crippen LogP contribution in [0.2, 0.25) is 0 Å². The van der Waals surface area contributed by atoms with Crippen molar-refractivity contribution in [3.63, 3.8) is 0 Å². The van der Waals surface area contributed by atoms with Gasteiger partial charge in [0.1, 0.15) is 0 Å². The number of piperidine rings is 1. The second-order valence-corrected chi connectivity index (χ2v) is 7.19. The Balaban J connectivity index is 1.80. The fourth-order valence-corrected chi connectivity index (χ4v) is 3.29. The first-order chi connectivity index (χ1) is 10.5. The van der Waals surface area contributed by atoms with Crippen LogP contribution in [0.1, 0.15) is 45.1 Å². The minimum Gasteiger partial charge on any atom is -0.342 e. The van der Waals surface area contributed by atoms with Gasteiger partial charge in [0.2, 0.25) is 5.91 Å². The Bertz CT molecular complexity index is 462. The third-order valence-corrected chi connectivity index (χ3v) is 4.92. The highest BCUT2D eigenvalue weighted by molar-refractivity contribution is 5.82. The third-order valence-electron chi connectivity index (χ3n) is 4.92. The van der Waals surface area contributed by atoms with E-state index in [1.165, 1.54) is 5.56 Å². The molecule has 122 valence electrons. The number of likely N-dealkylation sites (tertiary alicyclic amines) is 1. The summed E-state index contributed by atoms with van der Waals surface area (Å²) in [7, 11) is 0. The third kappa shape index (κ3) is 4.57. The first-order valence-electron chi connectivity index (χ1n) is 8.56. The minimum atomic E-state index is -0.260. The molecule has 3 nitrogen and oxygen atoms in total. The molecule has 0 atom stereocenters. The van der Waals surface area contributed by atoms with Gasteiger partial charge in [0.15, 0.2) is 0 Å². The summed E-state index contributed by atoms with van der Waals surface area (Å²) in [5.74, 6) is 0.918. The van der Waals surface area contributed by atoms with Crippen LogP contribution >= 0.6 is 0 Å². The number of hydrogen-bond acceptors (Lipinski definition) is 2. The van der Waals surface area contributed by atoms with Crippen molar-refractivity contribution in [1.29, 1.82) is 0 Å². The lowest BCUT2D eigenvalue weighted by molar-refractivity contribution is -0.142. The molecule has 1 amide bonds. The SMILES string of the molecule is CC(C)(CCCc1ccccc1)C(=O)N1CCC(CN)CC1. The van der Waals surface area contributed by atoms with E-state index in [-0.39, 0.29) is 5.41 Å². The first-order valence-corrected chi connectivity index (χ1v) is 8.56. The number of hydrogen-bond donors (Lipinski definition) is 1. The molecule has 0 saturated carbocycles. The average molecular weight is 302 g/mol. The summed E-state index contributed by atoms with van der Waals surface area (Å²) in [4.78, 5) is 14.8. The molecule has 1 heterocycles. The lowest BCUT2D eigenvalue weighted by atomic mass is 9.84. The van der Waals surface area contributed by atoms with Crippen molar-refractivity contribution >= 4 is 5.91 Å². The predicted molar refractivity (Wildman–Crippen MR) is 91.5 cm³/mol. The van der Waals surface area contributed by atoms with Crippen LogP contribution in [0, 0.1) is 11.3 Å². The van der Waals surface area contributed by atoms with E-state index in [1.54, 1.807) is 0 Å². The van der Waals surface area contributed by atoms with Gasteiger partial charge < -0.3 is 10.6 Å². The zero-order valence-corrected chi connectivity index (χ0v) is 14.1. The van der Waals surface area contributed by atoms with Gasteiger partial charge in [-0.05, 0) is 50.1 Å². The summed E-state index contributed by atoms with van der Waals surface area (Å²) in [5.41, 5.74) is 6.82. The molecule has 1 aromatic rings. The smallest absolute Gasteiger partial charge is 0.228 e. The molecule has 22 heavy (non-hydrogen) atoms. The van der Waals surface area contributed by atoms with Gasteiger partial charge in [0.05, 0.1) is 0 Å². The monoisotopic (exact) mass is 302 g/mol. The minimum absolute atomic E-state index is 0.260. The second kappa shape index (κ2) is 7.77. The Morgan fingerprint density at radius 3 is 2.45 bits per heavy atom. The van der Waals surface area contributed by atoms with Gasteiger partial charge in [-0.15, -0.1) is 0 Å². The van der Waals surface area contributed by atoms with Gasteiger partial charge in [-0.25, -0.2) is 0 Å².